The van der Waals surface area contributed by atoms with Gasteiger partial charge >= 0.3 is 6.18 Å². The summed E-state index contributed by atoms with van der Waals surface area (Å²) in [5.74, 6) is 0. The maximum Gasteiger partial charge on any atom is 0.416 e. The SMILES string of the molecule is FC(F)(F)c1ccc(Cl)c(-c2ccccn2)c1. The average molecular weight is 258 g/mol. The monoisotopic (exact) mass is 257 g/mol. The summed E-state index contributed by atoms with van der Waals surface area (Å²) in [5.41, 5.74) is -0.0340. The lowest BCUT2D eigenvalue weighted by Gasteiger charge is -2.09. The second-order valence-electron chi connectivity index (χ2n) is 3.41. The number of rotatable bonds is 1. The second kappa shape index (κ2) is 4.37. The Morgan fingerprint density at radius 3 is 2.41 bits per heavy atom. The largest absolute Gasteiger partial charge is 0.416 e. The molecule has 5 heteroatoms. The molecule has 1 aromatic carbocycles. The molecular formula is C12H7ClF3N. The minimum absolute atomic E-state index is 0.247. The summed E-state index contributed by atoms with van der Waals surface area (Å²) in [4.78, 5) is 3.98. The third-order valence-corrected chi connectivity index (χ3v) is 2.56. The Balaban J connectivity index is 2.55. The van der Waals surface area contributed by atoms with Crippen LogP contribution in [0.5, 0.6) is 0 Å². The predicted molar refractivity (Wildman–Crippen MR) is 59.7 cm³/mol. The van der Waals surface area contributed by atoms with E-state index in [1.807, 2.05) is 0 Å². The zero-order valence-electron chi connectivity index (χ0n) is 8.50. The fourth-order valence-corrected chi connectivity index (χ4v) is 1.63. The number of hydrogen-bond donors (Lipinski definition) is 0. The number of alkyl halides is 3. The number of hydrogen-bond acceptors (Lipinski definition) is 1. The third kappa shape index (κ3) is 2.58. The molecule has 88 valence electrons. The smallest absolute Gasteiger partial charge is 0.256 e. The van der Waals surface area contributed by atoms with Gasteiger partial charge in [0, 0.05) is 16.8 Å². The van der Waals surface area contributed by atoms with Gasteiger partial charge in [0.2, 0.25) is 0 Å². The highest BCUT2D eigenvalue weighted by Gasteiger charge is 2.31. The van der Waals surface area contributed by atoms with Crippen molar-refractivity contribution in [2.75, 3.05) is 0 Å². The molecule has 2 aromatic rings. The van der Waals surface area contributed by atoms with Gasteiger partial charge in [-0.05, 0) is 30.3 Å². The highest BCUT2D eigenvalue weighted by Crippen LogP contribution is 2.35. The van der Waals surface area contributed by atoms with E-state index in [2.05, 4.69) is 4.98 Å². The predicted octanol–water partition coefficient (Wildman–Crippen LogP) is 4.42. The molecule has 0 unspecified atom stereocenters. The van der Waals surface area contributed by atoms with Crippen molar-refractivity contribution < 1.29 is 13.2 Å². The van der Waals surface area contributed by atoms with Gasteiger partial charge in [-0.3, -0.25) is 4.98 Å². The van der Waals surface area contributed by atoms with E-state index in [0.29, 0.717) is 5.69 Å². The molecular weight excluding hydrogens is 251 g/mol. The first-order valence-corrected chi connectivity index (χ1v) is 5.14. The molecule has 0 bridgehead atoms. The molecule has 0 aliphatic rings. The van der Waals surface area contributed by atoms with Gasteiger partial charge in [0.05, 0.1) is 11.3 Å². The van der Waals surface area contributed by atoms with Gasteiger partial charge in [0.15, 0.2) is 0 Å². The van der Waals surface area contributed by atoms with Crippen molar-refractivity contribution >= 4 is 11.6 Å². The standard InChI is InChI=1S/C12H7ClF3N/c13-10-5-4-8(12(14,15)16)7-9(10)11-3-1-2-6-17-11/h1-7H. The summed E-state index contributed by atoms with van der Waals surface area (Å²) in [7, 11) is 0. The highest BCUT2D eigenvalue weighted by molar-refractivity contribution is 6.33. The molecule has 1 nitrogen and oxygen atoms in total. The molecule has 0 amide bonds. The Bertz CT molecular complexity index is 523. The van der Waals surface area contributed by atoms with E-state index in [1.54, 1.807) is 18.2 Å². The van der Waals surface area contributed by atoms with E-state index in [4.69, 9.17) is 11.6 Å². The molecule has 0 spiro atoms. The molecule has 0 aliphatic heterocycles. The number of aromatic nitrogens is 1. The van der Waals surface area contributed by atoms with E-state index < -0.39 is 11.7 Å². The van der Waals surface area contributed by atoms with Crippen molar-refractivity contribution in [3.8, 4) is 11.3 Å². The first kappa shape index (κ1) is 11.9. The summed E-state index contributed by atoms with van der Waals surface area (Å²) in [6, 6.07) is 8.18. The fraction of sp³-hybridized carbons (Fsp3) is 0.0833. The first-order chi connectivity index (χ1) is 7.98. The topological polar surface area (TPSA) is 12.9 Å². The van der Waals surface area contributed by atoms with Crippen LogP contribution in [0.3, 0.4) is 0 Å². The molecule has 0 N–H and O–H groups in total. The van der Waals surface area contributed by atoms with Gasteiger partial charge in [-0.15, -0.1) is 0 Å². The molecule has 0 aliphatic carbocycles. The zero-order chi connectivity index (χ0) is 12.5. The third-order valence-electron chi connectivity index (χ3n) is 2.23. The van der Waals surface area contributed by atoms with Crippen molar-refractivity contribution in [3.05, 3.63) is 53.2 Å². The number of halogens is 4. The van der Waals surface area contributed by atoms with Crippen LogP contribution in [0.2, 0.25) is 5.02 Å². The van der Waals surface area contributed by atoms with Crippen LogP contribution in [0, 0.1) is 0 Å². The Morgan fingerprint density at radius 1 is 1.06 bits per heavy atom. The van der Waals surface area contributed by atoms with Crippen molar-refractivity contribution in [1.29, 1.82) is 0 Å². The van der Waals surface area contributed by atoms with E-state index in [1.165, 1.54) is 12.3 Å². The number of benzene rings is 1. The molecule has 17 heavy (non-hydrogen) atoms. The maximum atomic E-state index is 12.6. The Hall–Kier alpha value is -1.55. The minimum Gasteiger partial charge on any atom is -0.256 e. The average Bonchev–Trinajstić information content (AvgIpc) is 2.29. The highest BCUT2D eigenvalue weighted by atomic mass is 35.5. The number of nitrogens with zero attached hydrogens (tertiary/aromatic N) is 1. The molecule has 0 fully saturated rings. The summed E-state index contributed by atoms with van der Waals surface area (Å²) >= 11 is 5.87. The maximum absolute atomic E-state index is 12.6. The lowest BCUT2D eigenvalue weighted by Crippen LogP contribution is -2.04. The first-order valence-electron chi connectivity index (χ1n) is 4.76. The Morgan fingerprint density at radius 2 is 1.82 bits per heavy atom. The van der Waals surface area contributed by atoms with Crippen LogP contribution in [0.15, 0.2) is 42.6 Å². The van der Waals surface area contributed by atoms with Crippen molar-refractivity contribution in [3.63, 3.8) is 0 Å². The minimum atomic E-state index is -4.38. The van der Waals surface area contributed by atoms with Crippen LogP contribution in [0.4, 0.5) is 13.2 Å². The van der Waals surface area contributed by atoms with E-state index >= 15 is 0 Å². The van der Waals surface area contributed by atoms with Crippen LogP contribution in [-0.2, 0) is 6.18 Å². The van der Waals surface area contributed by atoms with Gasteiger partial charge < -0.3 is 0 Å². The van der Waals surface area contributed by atoms with Gasteiger partial charge in [0.25, 0.3) is 0 Å². The van der Waals surface area contributed by atoms with Crippen LogP contribution in [-0.4, -0.2) is 4.98 Å². The van der Waals surface area contributed by atoms with Crippen LogP contribution in [0.1, 0.15) is 5.56 Å². The number of pyridine rings is 1. The van der Waals surface area contributed by atoms with Crippen LogP contribution in [0.25, 0.3) is 11.3 Å². The normalized spacial score (nSPS) is 11.5. The molecule has 0 saturated heterocycles. The Kier molecular flexibility index (Phi) is 3.07. The van der Waals surface area contributed by atoms with Crippen LogP contribution >= 0.6 is 11.6 Å². The molecule has 2 rings (SSSR count). The quantitative estimate of drug-likeness (QED) is 0.737. The summed E-state index contributed by atoms with van der Waals surface area (Å²) < 4.78 is 37.7. The second-order valence-corrected chi connectivity index (χ2v) is 3.81. The van der Waals surface area contributed by atoms with Gasteiger partial charge in [0.1, 0.15) is 0 Å². The lowest BCUT2D eigenvalue weighted by atomic mass is 10.1. The van der Waals surface area contributed by atoms with Crippen LogP contribution < -0.4 is 0 Å². The lowest BCUT2D eigenvalue weighted by molar-refractivity contribution is -0.137. The van der Waals surface area contributed by atoms with Gasteiger partial charge in [-0.25, -0.2) is 0 Å². The van der Waals surface area contributed by atoms with Gasteiger partial charge in [-0.1, -0.05) is 17.7 Å². The molecule has 0 saturated carbocycles. The fourth-order valence-electron chi connectivity index (χ4n) is 1.42. The molecule has 0 radical (unpaired) electrons. The summed E-state index contributed by atoms with van der Waals surface area (Å²) in [6.45, 7) is 0. The molecule has 1 heterocycles. The summed E-state index contributed by atoms with van der Waals surface area (Å²) in [5, 5.41) is 0.247. The van der Waals surface area contributed by atoms with E-state index in [9.17, 15) is 13.2 Å². The molecule has 1 aromatic heterocycles. The van der Waals surface area contributed by atoms with Crippen molar-refractivity contribution in [2.45, 2.75) is 6.18 Å². The van der Waals surface area contributed by atoms with E-state index in [-0.39, 0.29) is 10.6 Å². The van der Waals surface area contributed by atoms with E-state index in [0.717, 1.165) is 12.1 Å². The molecule has 0 atom stereocenters. The van der Waals surface area contributed by atoms with Gasteiger partial charge in [-0.2, -0.15) is 13.2 Å². The summed E-state index contributed by atoms with van der Waals surface area (Å²) in [6.07, 6.45) is -2.87. The zero-order valence-corrected chi connectivity index (χ0v) is 9.26. The Labute approximate surface area is 101 Å². The van der Waals surface area contributed by atoms with Crippen molar-refractivity contribution in [2.24, 2.45) is 0 Å². The van der Waals surface area contributed by atoms with Crippen molar-refractivity contribution in [1.82, 2.24) is 4.98 Å².